The van der Waals surface area contributed by atoms with Crippen LogP contribution in [0.25, 0.3) is 0 Å². The molecule has 0 amide bonds. The minimum Gasteiger partial charge on any atom is -0.461 e. The highest BCUT2D eigenvalue weighted by Gasteiger charge is 2.29. The smallest absolute Gasteiger partial charge is 0.306 e. The SMILES string of the molecule is CC(C=C(Cl)Cl)C(C)(C)CC(=O)OCc1c(F)c(F)cc(F)c1F. The maximum atomic E-state index is 13.5. The van der Waals surface area contributed by atoms with Crippen molar-refractivity contribution in [3.05, 3.63) is 45.5 Å². The van der Waals surface area contributed by atoms with Crippen molar-refractivity contribution < 1.29 is 27.1 Å². The molecular weight excluding hydrogens is 371 g/mol. The molecule has 134 valence electrons. The van der Waals surface area contributed by atoms with E-state index >= 15 is 0 Å². The van der Waals surface area contributed by atoms with E-state index in [0.717, 1.165) is 0 Å². The van der Waals surface area contributed by atoms with Gasteiger partial charge in [0.25, 0.3) is 0 Å². The zero-order valence-corrected chi connectivity index (χ0v) is 14.7. The largest absolute Gasteiger partial charge is 0.461 e. The van der Waals surface area contributed by atoms with Gasteiger partial charge in [0.15, 0.2) is 23.3 Å². The van der Waals surface area contributed by atoms with Gasteiger partial charge in [0.2, 0.25) is 0 Å². The first-order valence-electron chi connectivity index (χ1n) is 6.96. The fraction of sp³-hybridized carbons (Fsp3) is 0.438. The number of benzene rings is 1. The fourth-order valence-corrected chi connectivity index (χ4v) is 2.28. The summed E-state index contributed by atoms with van der Waals surface area (Å²) in [5.41, 5.74) is -1.59. The average molecular weight is 387 g/mol. The van der Waals surface area contributed by atoms with Crippen molar-refractivity contribution in [1.82, 2.24) is 0 Å². The highest BCUT2D eigenvalue weighted by Crippen LogP contribution is 2.33. The number of esters is 1. The molecule has 8 heteroatoms. The Morgan fingerprint density at radius 1 is 1.21 bits per heavy atom. The number of carbonyl (C=O) groups excluding carboxylic acids is 1. The van der Waals surface area contributed by atoms with Crippen LogP contribution in [0.1, 0.15) is 32.8 Å². The lowest BCUT2D eigenvalue weighted by molar-refractivity contribution is -0.148. The number of halogens is 6. The molecule has 0 aromatic heterocycles. The first-order valence-corrected chi connectivity index (χ1v) is 7.71. The highest BCUT2D eigenvalue weighted by atomic mass is 35.5. The van der Waals surface area contributed by atoms with Gasteiger partial charge in [-0.15, -0.1) is 0 Å². The number of carbonyl (C=O) groups is 1. The van der Waals surface area contributed by atoms with E-state index < -0.39 is 46.8 Å². The molecular formula is C16H16Cl2F4O2. The summed E-state index contributed by atoms with van der Waals surface area (Å²) in [4.78, 5) is 11.9. The average Bonchev–Trinajstić information content (AvgIpc) is 2.44. The molecule has 1 atom stereocenters. The Morgan fingerprint density at radius 3 is 2.17 bits per heavy atom. The Labute approximate surface area is 147 Å². The molecule has 0 radical (unpaired) electrons. The Hall–Kier alpha value is -1.27. The van der Waals surface area contributed by atoms with Crippen LogP contribution in [0.5, 0.6) is 0 Å². The summed E-state index contributed by atoms with van der Waals surface area (Å²) in [6, 6.07) is 0.0863. The van der Waals surface area contributed by atoms with E-state index in [1.807, 2.05) is 0 Å². The predicted molar refractivity (Wildman–Crippen MR) is 83.4 cm³/mol. The quantitative estimate of drug-likeness (QED) is 0.358. The van der Waals surface area contributed by atoms with Gasteiger partial charge in [-0.1, -0.05) is 50.0 Å². The Balaban J connectivity index is 2.79. The van der Waals surface area contributed by atoms with Crippen LogP contribution in [0.3, 0.4) is 0 Å². The molecule has 0 spiro atoms. The molecule has 0 heterocycles. The van der Waals surface area contributed by atoms with E-state index in [9.17, 15) is 22.4 Å². The van der Waals surface area contributed by atoms with E-state index in [1.54, 1.807) is 20.8 Å². The minimum atomic E-state index is -1.59. The van der Waals surface area contributed by atoms with Crippen molar-refractivity contribution in [1.29, 1.82) is 0 Å². The summed E-state index contributed by atoms with van der Waals surface area (Å²) in [6.45, 7) is 4.35. The summed E-state index contributed by atoms with van der Waals surface area (Å²) in [7, 11) is 0. The van der Waals surface area contributed by atoms with Crippen LogP contribution >= 0.6 is 23.2 Å². The molecule has 2 nitrogen and oxygen atoms in total. The van der Waals surface area contributed by atoms with Gasteiger partial charge in [-0.25, -0.2) is 17.6 Å². The van der Waals surface area contributed by atoms with Gasteiger partial charge in [-0.3, -0.25) is 4.79 Å². The maximum Gasteiger partial charge on any atom is 0.306 e. The van der Waals surface area contributed by atoms with Crippen molar-refractivity contribution >= 4 is 29.2 Å². The lowest BCUT2D eigenvalue weighted by atomic mass is 9.77. The molecule has 1 aromatic carbocycles. The van der Waals surface area contributed by atoms with Gasteiger partial charge >= 0.3 is 5.97 Å². The van der Waals surface area contributed by atoms with Crippen molar-refractivity contribution in [2.24, 2.45) is 11.3 Å². The van der Waals surface area contributed by atoms with Crippen LogP contribution in [-0.4, -0.2) is 5.97 Å². The van der Waals surface area contributed by atoms with Crippen LogP contribution < -0.4 is 0 Å². The van der Waals surface area contributed by atoms with E-state index in [0.29, 0.717) is 0 Å². The monoisotopic (exact) mass is 386 g/mol. The fourth-order valence-electron chi connectivity index (χ4n) is 1.90. The Bertz CT molecular complexity index is 630. The van der Waals surface area contributed by atoms with E-state index in [4.69, 9.17) is 27.9 Å². The molecule has 1 rings (SSSR count). The van der Waals surface area contributed by atoms with E-state index in [2.05, 4.69) is 0 Å². The van der Waals surface area contributed by atoms with Crippen LogP contribution in [0, 0.1) is 34.6 Å². The van der Waals surface area contributed by atoms with Gasteiger partial charge in [-0.2, -0.15) is 0 Å². The second kappa shape index (κ2) is 8.21. The molecule has 0 saturated carbocycles. The predicted octanol–water partition coefficient (Wildman–Crippen LogP) is 5.66. The van der Waals surface area contributed by atoms with E-state index in [1.165, 1.54) is 6.08 Å². The number of allylic oxidation sites excluding steroid dienone is 1. The summed E-state index contributed by atoms with van der Waals surface area (Å²) in [5, 5.41) is 0. The molecule has 0 aliphatic heterocycles. The van der Waals surface area contributed by atoms with Gasteiger partial charge in [0.05, 0.1) is 12.0 Å². The van der Waals surface area contributed by atoms with Crippen molar-refractivity contribution in [3.8, 4) is 0 Å². The van der Waals surface area contributed by atoms with Crippen molar-refractivity contribution in [2.75, 3.05) is 0 Å². The lowest BCUT2D eigenvalue weighted by Crippen LogP contribution is -2.25. The molecule has 24 heavy (non-hydrogen) atoms. The minimum absolute atomic E-state index is 0.0447. The summed E-state index contributed by atoms with van der Waals surface area (Å²) >= 11 is 11.2. The van der Waals surface area contributed by atoms with Crippen LogP contribution in [0.15, 0.2) is 16.6 Å². The number of ether oxygens (including phenoxy) is 1. The van der Waals surface area contributed by atoms with Crippen LogP contribution in [-0.2, 0) is 16.1 Å². The Morgan fingerprint density at radius 2 is 1.71 bits per heavy atom. The summed E-state index contributed by atoms with van der Waals surface area (Å²) in [6.07, 6.45) is 1.42. The summed E-state index contributed by atoms with van der Waals surface area (Å²) < 4.78 is 58.0. The second-order valence-corrected chi connectivity index (χ2v) is 7.03. The third-order valence-electron chi connectivity index (χ3n) is 3.79. The second-order valence-electron chi connectivity index (χ2n) is 6.02. The van der Waals surface area contributed by atoms with Crippen LogP contribution in [0.2, 0.25) is 0 Å². The summed E-state index contributed by atoms with van der Waals surface area (Å²) in [5.74, 6) is -7.28. The van der Waals surface area contributed by atoms with Crippen molar-refractivity contribution in [2.45, 2.75) is 33.8 Å². The molecule has 0 aliphatic rings. The maximum absolute atomic E-state index is 13.5. The van der Waals surface area contributed by atoms with Gasteiger partial charge < -0.3 is 4.74 Å². The zero-order chi connectivity index (χ0) is 18.7. The molecule has 0 fully saturated rings. The van der Waals surface area contributed by atoms with Gasteiger partial charge in [-0.05, 0) is 11.3 Å². The van der Waals surface area contributed by atoms with E-state index in [-0.39, 0.29) is 22.9 Å². The van der Waals surface area contributed by atoms with Crippen LogP contribution in [0.4, 0.5) is 17.6 Å². The third kappa shape index (κ3) is 5.38. The topological polar surface area (TPSA) is 26.3 Å². The molecule has 0 saturated heterocycles. The molecule has 0 aliphatic carbocycles. The van der Waals surface area contributed by atoms with Gasteiger partial charge in [0.1, 0.15) is 11.1 Å². The first kappa shape index (κ1) is 20.8. The number of rotatable bonds is 6. The number of hydrogen-bond acceptors (Lipinski definition) is 2. The molecule has 1 unspecified atom stereocenters. The first-order chi connectivity index (χ1) is 11.0. The Kier molecular flexibility index (Phi) is 7.10. The van der Waals surface area contributed by atoms with Crippen molar-refractivity contribution in [3.63, 3.8) is 0 Å². The molecule has 1 aromatic rings. The zero-order valence-electron chi connectivity index (χ0n) is 13.2. The third-order valence-corrected chi connectivity index (χ3v) is 4.04. The normalized spacial score (nSPS) is 12.7. The molecule has 0 N–H and O–H groups in total. The number of hydrogen-bond donors (Lipinski definition) is 0. The standard InChI is InChI=1S/C16H16Cl2F4O2/c1-8(4-12(17)18)16(2,3)6-13(23)24-7-9-14(21)10(19)5-11(20)15(9)22/h4-5,8H,6-7H2,1-3H3. The highest BCUT2D eigenvalue weighted by molar-refractivity contribution is 6.55. The lowest BCUT2D eigenvalue weighted by Gasteiger charge is -2.28. The molecule has 0 bridgehead atoms. The van der Waals surface area contributed by atoms with Gasteiger partial charge in [0, 0.05) is 6.07 Å².